The molecule has 1 aromatic heterocycles. The van der Waals surface area contributed by atoms with E-state index in [1.807, 2.05) is 13.0 Å². The minimum Gasteiger partial charge on any atom is -0.468 e. The van der Waals surface area contributed by atoms with Crippen molar-refractivity contribution in [3.8, 4) is 0 Å². The molecule has 5 nitrogen and oxygen atoms in total. The second-order valence-corrected chi connectivity index (χ2v) is 7.35. The number of carbonyl (C=O) groups is 1. The third kappa shape index (κ3) is 3.39. The molecule has 1 atom stereocenters. The minimum atomic E-state index is -3.68. The zero-order chi connectivity index (χ0) is 16.3. The zero-order valence-corrected chi connectivity index (χ0v) is 13.6. The van der Waals surface area contributed by atoms with E-state index in [9.17, 15) is 13.2 Å². The Balaban J connectivity index is 2.49. The molecular weight excluding hydrogens is 302 g/mol. The Labute approximate surface area is 130 Å². The normalized spacial score (nSPS) is 12.9. The van der Waals surface area contributed by atoms with Crippen LogP contribution < -0.4 is 5.32 Å². The Morgan fingerprint density at radius 2 is 2.00 bits per heavy atom. The summed E-state index contributed by atoms with van der Waals surface area (Å²) in [6.07, 6.45) is 1.43. The van der Waals surface area contributed by atoms with Crippen molar-refractivity contribution in [2.24, 2.45) is 0 Å². The van der Waals surface area contributed by atoms with Crippen LogP contribution in [-0.4, -0.2) is 20.9 Å². The Morgan fingerprint density at radius 3 is 2.59 bits per heavy atom. The molecule has 0 aliphatic carbocycles. The van der Waals surface area contributed by atoms with Gasteiger partial charge in [-0.1, -0.05) is 12.1 Å². The number of hydrogen-bond donors (Lipinski definition) is 1. The van der Waals surface area contributed by atoms with Crippen LogP contribution in [0.1, 0.15) is 29.1 Å². The van der Waals surface area contributed by atoms with Crippen LogP contribution in [0.5, 0.6) is 0 Å². The highest BCUT2D eigenvalue weighted by Gasteiger charge is 2.32. The molecule has 1 N–H and O–H groups in total. The third-order valence-corrected chi connectivity index (χ3v) is 5.62. The summed E-state index contributed by atoms with van der Waals surface area (Å²) in [5, 5.41) is 1.61. The van der Waals surface area contributed by atoms with Gasteiger partial charge in [-0.25, -0.2) is 8.42 Å². The minimum absolute atomic E-state index is 0.0292. The summed E-state index contributed by atoms with van der Waals surface area (Å²) in [4.78, 5) is 11.4. The number of carbonyl (C=O) groups excluding carboxylic acids is 1. The molecular formula is C16H19NO4S. The first-order chi connectivity index (χ1) is 10.3. The lowest BCUT2D eigenvalue weighted by atomic mass is 10.2. The predicted molar refractivity (Wildman–Crippen MR) is 83.2 cm³/mol. The number of benzene rings is 1. The molecule has 1 aromatic carbocycles. The zero-order valence-electron chi connectivity index (χ0n) is 12.8. The summed E-state index contributed by atoms with van der Waals surface area (Å²) in [5.74, 6) is 0.0300. The molecule has 6 heteroatoms. The fourth-order valence-corrected chi connectivity index (χ4v) is 4.16. The van der Waals surface area contributed by atoms with Gasteiger partial charge in [0.2, 0.25) is 5.91 Å². The van der Waals surface area contributed by atoms with Crippen molar-refractivity contribution in [1.82, 2.24) is 5.32 Å². The topological polar surface area (TPSA) is 76.4 Å². The van der Waals surface area contributed by atoms with E-state index in [0.717, 1.165) is 5.56 Å². The van der Waals surface area contributed by atoms with Crippen molar-refractivity contribution in [3.05, 3.63) is 53.5 Å². The smallest absolute Gasteiger partial charge is 0.216 e. The highest BCUT2D eigenvalue weighted by molar-refractivity contribution is 7.91. The summed E-state index contributed by atoms with van der Waals surface area (Å²) >= 11 is 0. The Bertz CT molecular complexity index is 763. The van der Waals surface area contributed by atoms with Crippen LogP contribution >= 0.6 is 0 Å². The van der Waals surface area contributed by atoms with E-state index in [4.69, 9.17) is 4.42 Å². The third-order valence-electron chi connectivity index (χ3n) is 3.42. The summed E-state index contributed by atoms with van der Waals surface area (Å²) in [6, 6.07) is 8.53. The van der Waals surface area contributed by atoms with Crippen LogP contribution in [0, 0.1) is 13.8 Å². The lowest BCUT2D eigenvalue weighted by Gasteiger charge is -2.18. The van der Waals surface area contributed by atoms with E-state index in [-0.39, 0.29) is 17.3 Å². The molecule has 0 saturated heterocycles. The molecule has 0 aliphatic heterocycles. The maximum absolute atomic E-state index is 13.0. The van der Waals surface area contributed by atoms with Gasteiger partial charge in [0, 0.05) is 13.5 Å². The fraction of sp³-hybridized carbons (Fsp3) is 0.312. The average molecular weight is 321 g/mol. The van der Waals surface area contributed by atoms with Crippen molar-refractivity contribution in [3.63, 3.8) is 0 Å². The molecule has 0 spiro atoms. The van der Waals surface area contributed by atoms with Crippen LogP contribution in [0.4, 0.5) is 0 Å². The second kappa shape index (κ2) is 6.36. The van der Waals surface area contributed by atoms with Gasteiger partial charge in [0.15, 0.2) is 9.84 Å². The lowest BCUT2D eigenvalue weighted by Crippen LogP contribution is -2.30. The summed E-state index contributed by atoms with van der Waals surface area (Å²) in [5.41, 5.74) is 1.53. The first kappa shape index (κ1) is 16.3. The summed E-state index contributed by atoms with van der Waals surface area (Å²) in [6.45, 7) is 4.92. The molecule has 1 amide bonds. The van der Waals surface area contributed by atoms with Gasteiger partial charge in [0.25, 0.3) is 0 Å². The van der Waals surface area contributed by atoms with Gasteiger partial charge < -0.3 is 9.73 Å². The van der Waals surface area contributed by atoms with Crippen molar-refractivity contribution in [2.45, 2.75) is 30.9 Å². The molecule has 2 rings (SSSR count). The molecule has 0 fully saturated rings. The second-order valence-electron chi connectivity index (χ2n) is 5.26. The molecule has 0 bridgehead atoms. The Kier molecular flexibility index (Phi) is 4.71. The molecule has 0 radical (unpaired) electrons. The predicted octanol–water partition coefficient (Wildman–Crippen LogP) is 2.55. The number of aryl methyl sites for hydroxylation is 2. The lowest BCUT2D eigenvalue weighted by molar-refractivity contribution is -0.118. The highest BCUT2D eigenvalue weighted by Crippen LogP contribution is 2.31. The van der Waals surface area contributed by atoms with E-state index in [1.165, 1.54) is 13.2 Å². The van der Waals surface area contributed by atoms with E-state index in [2.05, 4.69) is 5.32 Å². The maximum atomic E-state index is 13.0. The van der Waals surface area contributed by atoms with Gasteiger partial charge in [-0.15, -0.1) is 0 Å². The van der Waals surface area contributed by atoms with Gasteiger partial charge in [0.1, 0.15) is 11.0 Å². The van der Waals surface area contributed by atoms with Gasteiger partial charge in [-0.3, -0.25) is 4.79 Å². The number of rotatable bonds is 5. The van der Waals surface area contributed by atoms with Crippen LogP contribution in [0.2, 0.25) is 0 Å². The van der Waals surface area contributed by atoms with Crippen molar-refractivity contribution < 1.29 is 17.6 Å². The maximum Gasteiger partial charge on any atom is 0.216 e. The van der Waals surface area contributed by atoms with E-state index in [1.54, 1.807) is 31.2 Å². The monoisotopic (exact) mass is 321 g/mol. The molecule has 1 heterocycles. The van der Waals surface area contributed by atoms with E-state index < -0.39 is 15.1 Å². The Morgan fingerprint density at radius 1 is 1.27 bits per heavy atom. The van der Waals surface area contributed by atoms with Crippen molar-refractivity contribution in [2.75, 3.05) is 6.54 Å². The van der Waals surface area contributed by atoms with E-state index in [0.29, 0.717) is 11.3 Å². The summed E-state index contributed by atoms with van der Waals surface area (Å²) in [7, 11) is -3.68. The van der Waals surface area contributed by atoms with Crippen molar-refractivity contribution in [1.29, 1.82) is 0 Å². The first-order valence-electron chi connectivity index (χ1n) is 6.91. The Hall–Kier alpha value is -2.08. The molecule has 0 aliphatic rings. The summed E-state index contributed by atoms with van der Waals surface area (Å²) < 4.78 is 31.3. The number of sulfone groups is 1. The molecule has 22 heavy (non-hydrogen) atoms. The number of nitrogens with one attached hydrogen (secondary N) is 1. The standard InChI is InChI=1S/C16H19NO4S/c1-11-6-7-12(2)15(9-11)22(19,20)16(10-17-13(3)18)14-5-4-8-21-14/h4-9,16H,10H2,1-3H3,(H,17,18)/t16-/m1/s1. The molecule has 0 saturated carbocycles. The largest absolute Gasteiger partial charge is 0.468 e. The number of furan rings is 1. The molecule has 0 unspecified atom stereocenters. The fourth-order valence-electron chi connectivity index (χ4n) is 2.24. The number of hydrogen-bond acceptors (Lipinski definition) is 4. The molecule has 118 valence electrons. The van der Waals surface area contributed by atoms with Gasteiger partial charge >= 0.3 is 0 Å². The number of amides is 1. The van der Waals surface area contributed by atoms with Crippen LogP contribution in [0.3, 0.4) is 0 Å². The van der Waals surface area contributed by atoms with E-state index >= 15 is 0 Å². The molecule has 2 aromatic rings. The van der Waals surface area contributed by atoms with Crippen LogP contribution in [0.25, 0.3) is 0 Å². The first-order valence-corrected chi connectivity index (χ1v) is 8.46. The highest BCUT2D eigenvalue weighted by atomic mass is 32.2. The van der Waals surface area contributed by atoms with Gasteiger partial charge in [-0.05, 0) is 43.2 Å². The van der Waals surface area contributed by atoms with Gasteiger partial charge in [0.05, 0.1) is 11.2 Å². The average Bonchev–Trinajstić information content (AvgIpc) is 2.95. The van der Waals surface area contributed by atoms with Crippen LogP contribution in [0.15, 0.2) is 45.9 Å². The van der Waals surface area contributed by atoms with Crippen LogP contribution in [-0.2, 0) is 14.6 Å². The SMILES string of the molecule is CC(=O)NC[C@H](c1ccco1)S(=O)(=O)c1cc(C)ccc1C. The quantitative estimate of drug-likeness (QED) is 0.918. The van der Waals surface area contributed by atoms with Gasteiger partial charge in [-0.2, -0.15) is 0 Å². The van der Waals surface area contributed by atoms with Crippen molar-refractivity contribution >= 4 is 15.7 Å².